The molecule has 0 radical (unpaired) electrons. The van der Waals surface area contributed by atoms with Crippen LogP contribution in [0.5, 0.6) is 5.75 Å². The zero-order valence-corrected chi connectivity index (χ0v) is 17.5. The molecule has 1 aromatic heterocycles. The van der Waals surface area contributed by atoms with Crippen LogP contribution in [0.25, 0.3) is 5.70 Å². The number of aromatic hydroxyl groups is 1. The number of pyridine rings is 1. The lowest BCUT2D eigenvalue weighted by Gasteiger charge is -2.08. The Morgan fingerprint density at radius 1 is 1.28 bits per heavy atom. The molecule has 152 valence electrons. The van der Waals surface area contributed by atoms with Crippen molar-refractivity contribution in [2.45, 2.75) is 33.6 Å². The monoisotopic (exact) mass is 390 g/mol. The standard InChI is InChI=1S/C24H30N4O/c1-5-18(2)10-12-25-17-24(27-13-11-21-6-8-23(29)9-7-21)28-20(4)22-14-19(3)15-26-16-22/h6-10,12,14-18,29H,4-5,11,13H2,1-3H3,(H,27,28)/b12-10+,25-17+. The van der Waals surface area contributed by atoms with Crippen molar-refractivity contribution in [3.8, 4) is 5.75 Å². The number of benzene rings is 1. The summed E-state index contributed by atoms with van der Waals surface area (Å²) in [5.74, 6) is 1.40. The van der Waals surface area contributed by atoms with Gasteiger partial charge in [0.25, 0.3) is 0 Å². The predicted molar refractivity (Wildman–Crippen MR) is 122 cm³/mol. The number of phenolic OH excluding ortho intramolecular Hbond substituents is 1. The molecule has 1 unspecified atom stereocenters. The molecule has 1 heterocycles. The third kappa shape index (κ3) is 8.13. The molecule has 5 nitrogen and oxygen atoms in total. The third-order valence-corrected chi connectivity index (χ3v) is 4.46. The summed E-state index contributed by atoms with van der Waals surface area (Å²) in [6.07, 6.45) is 11.0. The molecule has 1 aromatic carbocycles. The number of aryl methyl sites for hydroxylation is 1. The molecule has 0 saturated heterocycles. The lowest BCUT2D eigenvalue weighted by molar-refractivity contribution is 0.475. The Labute approximate surface area is 173 Å². The smallest absolute Gasteiger partial charge is 0.145 e. The quantitative estimate of drug-likeness (QED) is 0.471. The zero-order chi connectivity index (χ0) is 21.1. The minimum Gasteiger partial charge on any atom is -0.508 e. The molecule has 0 aliphatic heterocycles. The van der Waals surface area contributed by atoms with Gasteiger partial charge in [-0.15, -0.1) is 0 Å². The van der Waals surface area contributed by atoms with Crippen LogP contribution in [-0.2, 0) is 6.42 Å². The van der Waals surface area contributed by atoms with Crippen molar-refractivity contribution >= 4 is 17.7 Å². The fourth-order valence-electron chi connectivity index (χ4n) is 2.48. The van der Waals surface area contributed by atoms with Crippen LogP contribution in [0.4, 0.5) is 0 Å². The fourth-order valence-corrected chi connectivity index (χ4v) is 2.48. The largest absolute Gasteiger partial charge is 0.508 e. The number of hydrogen-bond donors (Lipinski definition) is 2. The number of aromatic nitrogens is 1. The number of amidine groups is 1. The summed E-state index contributed by atoms with van der Waals surface area (Å²) in [4.78, 5) is 13.2. The highest BCUT2D eigenvalue weighted by Gasteiger charge is 2.02. The van der Waals surface area contributed by atoms with Gasteiger partial charge in [-0.05, 0) is 48.6 Å². The third-order valence-electron chi connectivity index (χ3n) is 4.46. The minimum absolute atomic E-state index is 0.271. The summed E-state index contributed by atoms with van der Waals surface area (Å²) in [6.45, 7) is 11.1. The maximum atomic E-state index is 9.40. The van der Waals surface area contributed by atoms with Crippen molar-refractivity contribution in [2.75, 3.05) is 6.54 Å². The molecule has 0 saturated carbocycles. The molecule has 2 rings (SSSR count). The number of aliphatic imine (C=N–C) groups is 2. The van der Waals surface area contributed by atoms with Crippen LogP contribution in [0.15, 0.2) is 71.6 Å². The van der Waals surface area contributed by atoms with Crippen LogP contribution in [0.2, 0.25) is 0 Å². The number of rotatable bonds is 9. The SMILES string of the molecule is C=C(\N=C(/C=N/C=C/C(C)CC)NCCc1ccc(O)cc1)c1cncc(C)c1. The molecule has 0 bridgehead atoms. The summed E-state index contributed by atoms with van der Waals surface area (Å²) >= 11 is 0. The Morgan fingerprint density at radius 3 is 2.72 bits per heavy atom. The lowest BCUT2D eigenvalue weighted by atomic mass is 10.1. The average molecular weight is 391 g/mol. The molecule has 0 aliphatic rings. The highest BCUT2D eigenvalue weighted by atomic mass is 16.3. The molecule has 5 heteroatoms. The molecular formula is C24H30N4O. The van der Waals surface area contributed by atoms with Crippen molar-refractivity contribution in [3.63, 3.8) is 0 Å². The van der Waals surface area contributed by atoms with E-state index in [4.69, 9.17) is 0 Å². The van der Waals surface area contributed by atoms with Gasteiger partial charge in [-0.2, -0.15) is 0 Å². The highest BCUT2D eigenvalue weighted by molar-refractivity contribution is 6.30. The van der Waals surface area contributed by atoms with Gasteiger partial charge in [-0.3, -0.25) is 9.98 Å². The number of allylic oxidation sites excluding steroid dienone is 1. The number of hydrogen-bond acceptors (Lipinski definition) is 4. The Morgan fingerprint density at radius 2 is 2.03 bits per heavy atom. The summed E-state index contributed by atoms with van der Waals surface area (Å²) in [7, 11) is 0. The molecule has 29 heavy (non-hydrogen) atoms. The number of nitrogens with one attached hydrogen (secondary N) is 1. The highest BCUT2D eigenvalue weighted by Crippen LogP contribution is 2.14. The molecule has 0 spiro atoms. The minimum atomic E-state index is 0.271. The van der Waals surface area contributed by atoms with Gasteiger partial charge in [0, 0.05) is 30.7 Å². The molecule has 0 fully saturated rings. The van der Waals surface area contributed by atoms with E-state index in [1.54, 1.807) is 30.7 Å². The maximum absolute atomic E-state index is 9.40. The van der Waals surface area contributed by atoms with E-state index in [-0.39, 0.29) is 5.75 Å². The van der Waals surface area contributed by atoms with E-state index in [0.717, 1.165) is 29.5 Å². The van der Waals surface area contributed by atoms with Crippen molar-refractivity contribution < 1.29 is 5.11 Å². The van der Waals surface area contributed by atoms with E-state index < -0.39 is 0 Å². The van der Waals surface area contributed by atoms with Crippen molar-refractivity contribution in [1.29, 1.82) is 0 Å². The van der Waals surface area contributed by atoms with Gasteiger partial charge in [0.2, 0.25) is 0 Å². The van der Waals surface area contributed by atoms with Gasteiger partial charge in [-0.25, -0.2) is 4.99 Å². The zero-order valence-electron chi connectivity index (χ0n) is 17.5. The molecular weight excluding hydrogens is 360 g/mol. The van der Waals surface area contributed by atoms with Gasteiger partial charge < -0.3 is 10.4 Å². The fraction of sp³-hybridized carbons (Fsp3) is 0.292. The van der Waals surface area contributed by atoms with Crippen LogP contribution >= 0.6 is 0 Å². The van der Waals surface area contributed by atoms with Crippen molar-refractivity contribution in [3.05, 3.63) is 78.3 Å². The van der Waals surface area contributed by atoms with Gasteiger partial charge in [0.15, 0.2) is 0 Å². The Balaban J connectivity index is 2.09. The van der Waals surface area contributed by atoms with Crippen molar-refractivity contribution in [2.24, 2.45) is 15.9 Å². The average Bonchev–Trinajstić information content (AvgIpc) is 2.72. The number of phenols is 1. The van der Waals surface area contributed by atoms with E-state index in [9.17, 15) is 5.11 Å². The van der Waals surface area contributed by atoms with Crippen LogP contribution in [0, 0.1) is 12.8 Å². The molecule has 0 amide bonds. The first-order chi connectivity index (χ1) is 14.0. The van der Waals surface area contributed by atoms with E-state index >= 15 is 0 Å². The number of nitrogens with zero attached hydrogens (tertiary/aromatic N) is 3. The topological polar surface area (TPSA) is 69.9 Å². The summed E-state index contributed by atoms with van der Waals surface area (Å²) in [6, 6.07) is 9.21. The van der Waals surface area contributed by atoms with E-state index in [1.165, 1.54) is 0 Å². The second-order valence-electron chi connectivity index (χ2n) is 7.04. The van der Waals surface area contributed by atoms with Crippen LogP contribution in [0.1, 0.15) is 37.0 Å². The van der Waals surface area contributed by atoms with Crippen LogP contribution in [-0.4, -0.2) is 28.7 Å². The second kappa shape index (κ2) is 11.6. The van der Waals surface area contributed by atoms with Crippen molar-refractivity contribution in [1.82, 2.24) is 10.3 Å². The summed E-state index contributed by atoms with van der Waals surface area (Å²) in [5, 5.41) is 12.7. The Hall–Kier alpha value is -3.21. The normalized spacial score (nSPS) is 13.1. The van der Waals surface area contributed by atoms with Gasteiger partial charge >= 0.3 is 0 Å². The van der Waals surface area contributed by atoms with Gasteiger partial charge in [-0.1, -0.05) is 45.1 Å². The first-order valence-electron chi connectivity index (χ1n) is 9.89. The lowest BCUT2D eigenvalue weighted by Crippen LogP contribution is -2.27. The maximum Gasteiger partial charge on any atom is 0.145 e. The second-order valence-corrected chi connectivity index (χ2v) is 7.04. The summed E-state index contributed by atoms with van der Waals surface area (Å²) in [5.41, 5.74) is 3.70. The van der Waals surface area contributed by atoms with E-state index in [1.807, 2.05) is 31.3 Å². The first kappa shape index (κ1) is 22.1. The Kier molecular flexibility index (Phi) is 8.83. The first-order valence-corrected chi connectivity index (χ1v) is 9.89. The molecule has 0 aliphatic carbocycles. The van der Waals surface area contributed by atoms with Gasteiger partial charge in [0.1, 0.15) is 11.6 Å². The van der Waals surface area contributed by atoms with E-state index in [2.05, 4.69) is 46.8 Å². The van der Waals surface area contributed by atoms with Crippen LogP contribution in [0.3, 0.4) is 0 Å². The molecule has 2 N–H and O–H groups in total. The van der Waals surface area contributed by atoms with E-state index in [0.29, 0.717) is 24.0 Å². The summed E-state index contributed by atoms with van der Waals surface area (Å²) < 4.78 is 0. The molecule has 1 atom stereocenters. The van der Waals surface area contributed by atoms with Gasteiger partial charge in [0.05, 0.1) is 11.9 Å². The molecule has 2 aromatic rings. The predicted octanol–water partition coefficient (Wildman–Crippen LogP) is 4.93. The van der Waals surface area contributed by atoms with Crippen LogP contribution < -0.4 is 5.32 Å². The Bertz CT molecular complexity index is 882.